The van der Waals surface area contributed by atoms with E-state index in [9.17, 15) is 0 Å². The largest absolute Gasteiger partial charge is 0.399 e. The van der Waals surface area contributed by atoms with Crippen LogP contribution >= 0.6 is 0 Å². The number of hydrogen-bond acceptors (Lipinski definition) is 2. The van der Waals surface area contributed by atoms with Crippen LogP contribution in [0.1, 0.15) is 38.5 Å². The molecule has 15 heavy (non-hydrogen) atoms. The summed E-state index contributed by atoms with van der Waals surface area (Å²) in [6, 6.07) is 8.70. The molecule has 3 N–H and O–H groups in total. The second-order valence-electron chi connectivity index (χ2n) is 4.46. The monoisotopic (exact) mass is 204 g/mol. The van der Waals surface area contributed by atoms with E-state index < -0.39 is 0 Å². The van der Waals surface area contributed by atoms with E-state index in [0.717, 1.165) is 5.69 Å². The van der Waals surface area contributed by atoms with Gasteiger partial charge in [0.2, 0.25) is 0 Å². The van der Waals surface area contributed by atoms with Gasteiger partial charge in [0.25, 0.3) is 0 Å². The van der Waals surface area contributed by atoms with Gasteiger partial charge in [-0.3, -0.25) is 0 Å². The van der Waals surface area contributed by atoms with Crippen molar-refractivity contribution in [3.8, 4) is 0 Å². The van der Waals surface area contributed by atoms with Gasteiger partial charge in [-0.25, -0.2) is 0 Å². The minimum absolute atomic E-state index is 0.647. The first-order valence-electron chi connectivity index (χ1n) is 5.97. The molecular formula is C13H20N2. The van der Waals surface area contributed by atoms with Gasteiger partial charge < -0.3 is 11.1 Å². The van der Waals surface area contributed by atoms with E-state index in [4.69, 9.17) is 5.73 Å². The molecule has 1 saturated carbocycles. The molecule has 0 unspecified atom stereocenters. The highest BCUT2D eigenvalue weighted by molar-refractivity contribution is 5.54. The Kier molecular flexibility index (Phi) is 3.49. The molecule has 2 heteroatoms. The average molecular weight is 204 g/mol. The molecule has 1 aliphatic rings. The molecule has 0 aliphatic heterocycles. The molecule has 0 amide bonds. The van der Waals surface area contributed by atoms with Gasteiger partial charge in [0.1, 0.15) is 0 Å². The zero-order chi connectivity index (χ0) is 10.5. The molecule has 0 heterocycles. The molecule has 1 aromatic carbocycles. The van der Waals surface area contributed by atoms with E-state index >= 15 is 0 Å². The summed E-state index contributed by atoms with van der Waals surface area (Å²) in [6.07, 6.45) is 8.12. The molecule has 1 aliphatic carbocycles. The van der Waals surface area contributed by atoms with E-state index in [1.54, 1.807) is 0 Å². The Labute approximate surface area is 91.9 Å². The quantitative estimate of drug-likeness (QED) is 0.572. The highest BCUT2D eigenvalue weighted by Crippen LogP contribution is 2.21. The van der Waals surface area contributed by atoms with Crippen molar-refractivity contribution >= 4 is 11.4 Å². The topological polar surface area (TPSA) is 38.0 Å². The molecule has 1 aromatic rings. The van der Waals surface area contributed by atoms with Crippen molar-refractivity contribution in [2.75, 3.05) is 11.1 Å². The minimum Gasteiger partial charge on any atom is -0.399 e. The van der Waals surface area contributed by atoms with Gasteiger partial charge in [0.15, 0.2) is 0 Å². The minimum atomic E-state index is 0.647. The van der Waals surface area contributed by atoms with Gasteiger partial charge in [-0.1, -0.05) is 31.7 Å². The van der Waals surface area contributed by atoms with Gasteiger partial charge in [0, 0.05) is 17.4 Å². The normalized spacial score (nSPS) is 18.4. The van der Waals surface area contributed by atoms with Crippen LogP contribution in [0, 0.1) is 0 Å². The van der Waals surface area contributed by atoms with Crippen molar-refractivity contribution in [1.82, 2.24) is 0 Å². The predicted octanol–water partition coefficient (Wildman–Crippen LogP) is 3.40. The zero-order valence-electron chi connectivity index (χ0n) is 9.21. The third kappa shape index (κ3) is 3.15. The van der Waals surface area contributed by atoms with Crippen LogP contribution in [-0.4, -0.2) is 6.04 Å². The molecule has 0 aromatic heterocycles. The molecule has 0 spiro atoms. The number of hydrogen-bond donors (Lipinski definition) is 2. The fourth-order valence-electron chi connectivity index (χ4n) is 2.29. The standard InChI is InChI=1S/C13H20N2/c14-11-6-5-9-13(10-11)15-12-7-3-1-2-4-8-12/h5-6,9-10,12,15H,1-4,7-8,14H2. The molecular weight excluding hydrogens is 184 g/mol. The lowest BCUT2D eigenvalue weighted by atomic mass is 10.1. The molecule has 82 valence electrons. The summed E-state index contributed by atoms with van der Waals surface area (Å²) in [5.41, 5.74) is 7.76. The summed E-state index contributed by atoms with van der Waals surface area (Å²) in [4.78, 5) is 0. The molecule has 0 atom stereocenters. The van der Waals surface area contributed by atoms with E-state index in [-0.39, 0.29) is 0 Å². The summed E-state index contributed by atoms with van der Waals surface area (Å²) in [5.74, 6) is 0. The Morgan fingerprint density at radius 2 is 1.80 bits per heavy atom. The van der Waals surface area contributed by atoms with E-state index in [1.807, 2.05) is 18.2 Å². The van der Waals surface area contributed by atoms with Crippen LogP contribution in [-0.2, 0) is 0 Å². The van der Waals surface area contributed by atoms with Crippen molar-refractivity contribution in [2.24, 2.45) is 0 Å². The van der Waals surface area contributed by atoms with E-state index in [1.165, 1.54) is 44.2 Å². The highest BCUT2D eigenvalue weighted by atomic mass is 14.9. The second kappa shape index (κ2) is 5.06. The Balaban J connectivity index is 1.95. The summed E-state index contributed by atoms with van der Waals surface area (Å²) in [7, 11) is 0. The van der Waals surface area contributed by atoms with Crippen LogP contribution in [0.25, 0.3) is 0 Å². The van der Waals surface area contributed by atoms with Crippen molar-refractivity contribution < 1.29 is 0 Å². The Bertz CT molecular complexity index is 301. The number of rotatable bonds is 2. The molecule has 2 nitrogen and oxygen atoms in total. The Morgan fingerprint density at radius 3 is 2.47 bits per heavy atom. The van der Waals surface area contributed by atoms with Gasteiger partial charge >= 0.3 is 0 Å². The maximum Gasteiger partial charge on any atom is 0.0362 e. The highest BCUT2D eigenvalue weighted by Gasteiger charge is 2.11. The van der Waals surface area contributed by atoms with Gasteiger partial charge in [-0.15, -0.1) is 0 Å². The Hall–Kier alpha value is -1.18. The van der Waals surface area contributed by atoms with Gasteiger partial charge in [-0.05, 0) is 31.0 Å². The summed E-state index contributed by atoms with van der Waals surface area (Å²) in [6.45, 7) is 0. The number of nitrogen functional groups attached to an aromatic ring is 1. The molecule has 0 saturated heterocycles. The van der Waals surface area contributed by atoms with Crippen LogP contribution in [0.5, 0.6) is 0 Å². The summed E-state index contributed by atoms with van der Waals surface area (Å²) in [5, 5.41) is 3.58. The summed E-state index contributed by atoms with van der Waals surface area (Å²) < 4.78 is 0. The third-order valence-corrected chi connectivity index (χ3v) is 3.11. The number of nitrogens with one attached hydrogen (secondary N) is 1. The van der Waals surface area contributed by atoms with Crippen molar-refractivity contribution in [3.63, 3.8) is 0 Å². The first-order valence-corrected chi connectivity index (χ1v) is 5.97. The van der Waals surface area contributed by atoms with Crippen molar-refractivity contribution in [1.29, 1.82) is 0 Å². The summed E-state index contributed by atoms with van der Waals surface area (Å²) >= 11 is 0. The number of nitrogens with two attached hydrogens (primary N) is 1. The fraction of sp³-hybridized carbons (Fsp3) is 0.538. The lowest BCUT2D eigenvalue weighted by Crippen LogP contribution is -2.18. The van der Waals surface area contributed by atoms with E-state index in [2.05, 4.69) is 11.4 Å². The first-order chi connectivity index (χ1) is 7.34. The molecule has 2 rings (SSSR count). The third-order valence-electron chi connectivity index (χ3n) is 3.11. The van der Waals surface area contributed by atoms with E-state index in [0.29, 0.717) is 6.04 Å². The SMILES string of the molecule is Nc1cccc(NC2CCCCCC2)c1. The molecule has 1 fully saturated rings. The smallest absolute Gasteiger partial charge is 0.0362 e. The van der Waals surface area contributed by atoms with Crippen LogP contribution in [0.3, 0.4) is 0 Å². The lowest BCUT2D eigenvalue weighted by Gasteiger charge is -2.17. The van der Waals surface area contributed by atoms with Crippen LogP contribution in [0.4, 0.5) is 11.4 Å². The first kappa shape index (κ1) is 10.3. The zero-order valence-corrected chi connectivity index (χ0v) is 9.21. The van der Waals surface area contributed by atoms with Crippen LogP contribution < -0.4 is 11.1 Å². The van der Waals surface area contributed by atoms with Crippen molar-refractivity contribution in [2.45, 2.75) is 44.6 Å². The average Bonchev–Trinajstić information content (AvgIpc) is 2.46. The molecule has 0 bridgehead atoms. The van der Waals surface area contributed by atoms with Crippen LogP contribution in [0.15, 0.2) is 24.3 Å². The maximum atomic E-state index is 5.75. The number of benzene rings is 1. The van der Waals surface area contributed by atoms with Crippen molar-refractivity contribution in [3.05, 3.63) is 24.3 Å². The van der Waals surface area contributed by atoms with Gasteiger partial charge in [0.05, 0.1) is 0 Å². The van der Waals surface area contributed by atoms with Crippen LogP contribution in [0.2, 0.25) is 0 Å². The predicted molar refractivity (Wildman–Crippen MR) is 66.0 cm³/mol. The second-order valence-corrected chi connectivity index (χ2v) is 4.46. The van der Waals surface area contributed by atoms with Gasteiger partial charge in [-0.2, -0.15) is 0 Å². The fourth-order valence-corrected chi connectivity index (χ4v) is 2.29. The lowest BCUT2D eigenvalue weighted by molar-refractivity contribution is 0.620. The Morgan fingerprint density at radius 1 is 1.07 bits per heavy atom. The molecule has 0 radical (unpaired) electrons. The number of anilines is 2. The maximum absolute atomic E-state index is 5.75.